The van der Waals surface area contributed by atoms with Gasteiger partial charge in [-0.25, -0.2) is 4.98 Å². The molecule has 0 atom stereocenters. The molecule has 3 aromatic rings. The molecule has 5 nitrogen and oxygen atoms in total. The van der Waals surface area contributed by atoms with Crippen molar-refractivity contribution in [2.24, 2.45) is 0 Å². The van der Waals surface area contributed by atoms with Crippen LogP contribution in [0.1, 0.15) is 26.5 Å². The fraction of sp³-hybridized carbons (Fsp3) is 0.200. The second-order valence-corrected chi connectivity index (χ2v) is 7.19. The highest BCUT2D eigenvalue weighted by atomic mass is 32.1. The average molecular weight is 365 g/mol. The maximum atomic E-state index is 13.0. The SMILES string of the molecule is COc1ccccc1Nc1nc(C)c(C(=O)N2Cc3ccccc3C2)s1. The number of ether oxygens (including phenoxy) is 1. The summed E-state index contributed by atoms with van der Waals surface area (Å²) < 4.78 is 5.36. The van der Waals surface area contributed by atoms with Gasteiger partial charge in [-0.1, -0.05) is 47.7 Å². The smallest absolute Gasteiger partial charge is 0.266 e. The number of carbonyl (C=O) groups is 1. The number of anilines is 2. The number of para-hydroxylation sites is 2. The Hall–Kier alpha value is -2.86. The topological polar surface area (TPSA) is 54.5 Å². The molecule has 6 heteroatoms. The molecule has 1 N–H and O–H groups in total. The van der Waals surface area contributed by atoms with E-state index < -0.39 is 0 Å². The van der Waals surface area contributed by atoms with Gasteiger partial charge in [-0.2, -0.15) is 0 Å². The number of fused-ring (bicyclic) bond motifs is 1. The molecular weight excluding hydrogens is 346 g/mol. The lowest BCUT2D eigenvalue weighted by Gasteiger charge is -2.14. The first-order valence-corrected chi connectivity index (χ1v) is 9.21. The molecule has 0 unspecified atom stereocenters. The van der Waals surface area contributed by atoms with Crippen molar-refractivity contribution in [2.75, 3.05) is 12.4 Å². The van der Waals surface area contributed by atoms with Crippen LogP contribution in [-0.4, -0.2) is 22.9 Å². The first-order chi connectivity index (χ1) is 12.7. The normalized spacial score (nSPS) is 12.8. The summed E-state index contributed by atoms with van der Waals surface area (Å²) in [6.45, 7) is 3.18. The number of hydrogen-bond acceptors (Lipinski definition) is 5. The van der Waals surface area contributed by atoms with E-state index in [4.69, 9.17) is 4.74 Å². The van der Waals surface area contributed by atoms with Gasteiger partial charge >= 0.3 is 0 Å². The first kappa shape index (κ1) is 16.6. The van der Waals surface area contributed by atoms with Crippen LogP contribution in [0.15, 0.2) is 48.5 Å². The van der Waals surface area contributed by atoms with Gasteiger partial charge in [-0.05, 0) is 30.2 Å². The van der Waals surface area contributed by atoms with Crippen LogP contribution in [-0.2, 0) is 13.1 Å². The summed E-state index contributed by atoms with van der Waals surface area (Å²) in [5.74, 6) is 0.771. The van der Waals surface area contributed by atoms with Crippen LogP contribution in [0.4, 0.5) is 10.8 Å². The third-order valence-electron chi connectivity index (χ3n) is 4.47. The van der Waals surface area contributed by atoms with Crippen LogP contribution in [0.25, 0.3) is 0 Å². The van der Waals surface area contributed by atoms with Crippen molar-refractivity contribution in [1.82, 2.24) is 9.88 Å². The van der Waals surface area contributed by atoms with E-state index in [0.717, 1.165) is 17.1 Å². The Labute approximate surface area is 156 Å². The van der Waals surface area contributed by atoms with Crippen molar-refractivity contribution in [3.05, 3.63) is 70.2 Å². The number of thiazole rings is 1. The Morgan fingerprint density at radius 3 is 2.46 bits per heavy atom. The van der Waals surface area contributed by atoms with Crippen molar-refractivity contribution >= 4 is 28.1 Å². The third-order valence-corrected chi connectivity index (χ3v) is 5.53. The summed E-state index contributed by atoms with van der Waals surface area (Å²) in [6, 6.07) is 15.8. The lowest BCUT2D eigenvalue weighted by atomic mass is 10.1. The molecule has 132 valence electrons. The Kier molecular flexibility index (Phi) is 4.34. The molecule has 0 fully saturated rings. The zero-order valence-corrected chi connectivity index (χ0v) is 15.5. The van der Waals surface area contributed by atoms with Gasteiger partial charge in [0.15, 0.2) is 5.13 Å². The molecule has 1 aliphatic heterocycles. The van der Waals surface area contributed by atoms with E-state index in [2.05, 4.69) is 22.4 Å². The van der Waals surface area contributed by atoms with Crippen molar-refractivity contribution < 1.29 is 9.53 Å². The third kappa shape index (κ3) is 3.04. The maximum Gasteiger partial charge on any atom is 0.266 e. The number of nitrogens with one attached hydrogen (secondary N) is 1. The minimum Gasteiger partial charge on any atom is -0.495 e. The number of benzene rings is 2. The largest absolute Gasteiger partial charge is 0.495 e. The minimum absolute atomic E-state index is 0.0317. The highest BCUT2D eigenvalue weighted by molar-refractivity contribution is 7.17. The number of amides is 1. The van der Waals surface area contributed by atoms with E-state index in [1.165, 1.54) is 22.5 Å². The minimum atomic E-state index is 0.0317. The van der Waals surface area contributed by atoms with Crippen LogP contribution in [0.2, 0.25) is 0 Å². The molecule has 1 aliphatic rings. The molecule has 0 radical (unpaired) electrons. The van der Waals surface area contributed by atoms with Gasteiger partial charge in [0.05, 0.1) is 18.5 Å². The van der Waals surface area contributed by atoms with Crippen LogP contribution in [0.3, 0.4) is 0 Å². The van der Waals surface area contributed by atoms with Gasteiger partial charge < -0.3 is 15.0 Å². The summed E-state index contributed by atoms with van der Waals surface area (Å²) in [7, 11) is 1.63. The number of methoxy groups -OCH3 is 1. The lowest BCUT2D eigenvalue weighted by Crippen LogP contribution is -2.25. The predicted octanol–water partition coefficient (Wildman–Crippen LogP) is 4.36. The molecule has 4 rings (SSSR count). The maximum absolute atomic E-state index is 13.0. The Morgan fingerprint density at radius 1 is 1.12 bits per heavy atom. The number of rotatable bonds is 4. The molecule has 1 aromatic heterocycles. The second kappa shape index (κ2) is 6.80. The second-order valence-electron chi connectivity index (χ2n) is 6.19. The Morgan fingerprint density at radius 2 is 1.77 bits per heavy atom. The fourth-order valence-corrected chi connectivity index (χ4v) is 4.08. The molecule has 2 heterocycles. The van der Waals surface area contributed by atoms with Gasteiger partial charge in [-0.3, -0.25) is 4.79 Å². The van der Waals surface area contributed by atoms with Crippen molar-refractivity contribution in [1.29, 1.82) is 0 Å². The quantitative estimate of drug-likeness (QED) is 0.746. The molecule has 26 heavy (non-hydrogen) atoms. The molecule has 2 aromatic carbocycles. The van der Waals surface area contributed by atoms with Gasteiger partial charge in [0.2, 0.25) is 0 Å². The molecule has 0 spiro atoms. The summed E-state index contributed by atoms with van der Waals surface area (Å²) in [6.07, 6.45) is 0. The average Bonchev–Trinajstić information content (AvgIpc) is 3.25. The number of aromatic nitrogens is 1. The molecule has 0 bridgehead atoms. The van der Waals surface area contributed by atoms with E-state index in [-0.39, 0.29) is 5.91 Å². The van der Waals surface area contributed by atoms with E-state index in [1.807, 2.05) is 48.2 Å². The number of hydrogen-bond donors (Lipinski definition) is 1. The van der Waals surface area contributed by atoms with Crippen LogP contribution in [0, 0.1) is 6.92 Å². The number of nitrogens with zero attached hydrogens (tertiary/aromatic N) is 2. The predicted molar refractivity (Wildman–Crippen MR) is 103 cm³/mol. The summed E-state index contributed by atoms with van der Waals surface area (Å²) in [5.41, 5.74) is 4.01. The lowest BCUT2D eigenvalue weighted by molar-refractivity contribution is 0.0755. The molecule has 1 amide bonds. The summed E-state index contributed by atoms with van der Waals surface area (Å²) in [5, 5.41) is 3.95. The number of aryl methyl sites for hydroxylation is 1. The molecule has 0 saturated heterocycles. The van der Waals surface area contributed by atoms with Crippen LogP contribution >= 0.6 is 11.3 Å². The fourth-order valence-electron chi connectivity index (χ4n) is 3.13. The Balaban J connectivity index is 1.55. The van der Waals surface area contributed by atoms with Gasteiger partial charge in [0.1, 0.15) is 10.6 Å². The zero-order valence-electron chi connectivity index (χ0n) is 14.7. The summed E-state index contributed by atoms with van der Waals surface area (Å²) in [4.78, 5) is 20.0. The van der Waals surface area contributed by atoms with Gasteiger partial charge in [0.25, 0.3) is 5.91 Å². The number of carbonyl (C=O) groups excluding carboxylic acids is 1. The van der Waals surface area contributed by atoms with E-state index in [1.54, 1.807) is 7.11 Å². The summed E-state index contributed by atoms with van der Waals surface area (Å²) >= 11 is 1.38. The van der Waals surface area contributed by atoms with E-state index >= 15 is 0 Å². The Bertz CT molecular complexity index is 942. The first-order valence-electron chi connectivity index (χ1n) is 8.39. The highest BCUT2D eigenvalue weighted by Crippen LogP contribution is 2.32. The van der Waals surface area contributed by atoms with Crippen molar-refractivity contribution in [3.63, 3.8) is 0 Å². The molecular formula is C20H19N3O2S. The monoisotopic (exact) mass is 365 g/mol. The van der Waals surface area contributed by atoms with Gasteiger partial charge in [0, 0.05) is 13.1 Å². The zero-order chi connectivity index (χ0) is 18.1. The van der Waals surface area contributed by atoms with E-state index in [9.17, 15) is 4.79 Å². The van der Waals surface area contributed by atoms with E-state index in [0.29, 0.717) is 23.1 Å². The van der Waals surface area contributed by atoms with Gasteiger partial charge in [-0.15, -0.1) is 0 Å². The molecule has 0 saturated carbocycles. The van der Waals surface area contributed by atoms with Crippen LogP contribution < -0.4 is 10.1 Å². The highest BCUT2D eigenvalue weighted by Gasteiger charge is 2.27. The van der Waals surface area contributed by atoms with Crippen LogP contribution in [0.5, 0.6) is 5.75 Å². The molecule has 0 aliphatic carbocycles. The van der Waals surface area contributed by atoms with Crippen molar-refractivity contribution in [3.8, 4) is 5.75 Å². The van der Waals surface area contributed by atoms with Crippen molar-refractivity contribution in [2.45, 2.75) is 20.0 Å². The standard InChI is InChI=1S/C20H19N3O2S/c1-13-18(19(24)23-11-14-7-3-4-8-15(14)12-23)26-20(21-13)22-16-9-5-6-10-17(16)25-2/h3-10H,11-12H2,1-2H3,(H,21,22).